The molecule has 1 amide bonds. The molecule has 0 atom stereocenters. The Labute approximate surface area is 129 Å². The number of carbonyl (C=O) groups excluding carboxylic acids is 1. The number of nitrogens with zero attached hydrogens (tertiary/aromatic N) is 4. The first-order chi connectivity index (χ1) is 10.6. The molecule has 0 aromatic carbocycles. The van der Waals surface area contributed by atoms with E-state index in [0.717, 1.165) is 35.9 Å². The van der Waals surface area contributed by atoms with E-state index in [1.54, 1.807) is 6.33 Å². The predicted molar refractivity (Wildman–Crippen MR) is 82.9 cm³/mol. The van der Waals surface area contributed by atoms with Crippen molar-refractivity contribution in [3.05, 3.63) is 30.1 Å². The van der Waals surface area contributed by atoms with E-state index in [0.29, 0.717) is 13.1 Å². The number of aromatic nitrogens is 4. The van der Waals surface area contributed by atoms with Crippen LogP contribution in [0.15, 0.2) is 18.7 Å². The van der Waals surface area contributed by atoms with Gasteiger partial charge in [-0.05, 0) is 26.7 Å². The first-order valence-corrected chi connectivity index (χ1v) is 7.49. The molecule has 0 radical (unpaired) electrons. The Hall–Kier alpha value is -2.44. The molecule has 1 aliphatic carbocycles. The molecule has 3 rings (SSSR count). The normalized spacial score (nSPS) is 13.9. The van der Waals surface area contributed by atoms with Gasteiger partial charge in [-0.25, -0.2) is 15.0 Å². The van der Waals surface area contributed by atoms with E-state index < -0.39 is 0 Å². The quantitative estimate of drug-likeness (QED) is 0.784. The van der Waals surface area contributed by atoms with Crippen LogP contribution in [0, 0.1) is 19.8 Å². The Bertz CT molecular complexity index is 676. The smallest absolute Gasteiger partial charge is 0.223 e. The molecule has 0 saturated heterocycles. The largest absolute Gasteiger partial charge is 0.368 e. The van der Waals surface area contributed by atoms with Gasteiger partial charge in [-0.2, -0.15) is 0 Å². The van der Waals surface area contributed by atoms with Crippen molar-refractivity contribution in [2.75, 3.05) is 18.4 Å². The van der Waals surface area contributed by atoms with E-state index in [4.69, 9.17) is 0 Å². The van der Waals surface area contributed by atoms with Crippen molar-refractivity contribution in [2.45, 2.75) is 26.7 Å². The number of amides is 1. The third-order valence-corrected chi connectivity index (χ3v) is 3.83. The second-order valence-corrected chi connectivity index (χ2v) is 5.54. The molecule has 22 heavy (non-hydrogen) atoms. The van der Waals surface area contributed by atoms with Gasteiger partial charge in [-0.3, -0.25) is 9.36 Å². The van der Waals surface area contributed by atoms with Crippen LogP contribution in [0.5, 0.6) is 0 Å². The molecule has 0 bridgehead atoms. The number of hydrogen-bond acceptors (Lipinski definition) is 5. The summed E-state index contributed by atoms with van der Waals surface area (Å²) in [6.07, 6.45) is 5.33. The molecule has 0 aliphatic heterocycles. The summed E-state index contributed by atoms with van der Waals surface area (Å²) < 4.78 is 1.93. The number of imidazole rings is 1. The van der Waals surface area contributed by atoms with Crippen LogP contribution in [-0.2, 0) is 4.79 Å². The summed E-state index contributed by atoms with van der Waals surface area (Å²) in [4.78, 5) is 24.3. The number of rotatable bonds is 6. The molecule has 2 heterocycles. The third-order valence-electron chi connectivity index (χ3n) is 3.83. The highest BCUT2D eigenvalue weighted by atomic mass is 16.2. The lowest BCUT2D eigenvalue weighted by atomic mass is 10.4. The third kappa shape index (κ3) is 3.24. The van der Waals surface area contributed by atoms with Crippen LogP contribution < -0.4 is 10.6 Å². The van der Waals surface area contributed by atoms with Gasteiger partial charge < -0.3 is 10.6 Å². The van der Waals surface area contributed by atoms with E-state index in [2.05, 4.69) is 25.6 Å². The Kier molecular flexibility index (Phi) is 4.04. The second-order valence-electron chi connectivity index (χ2n) is 5.54. The van der Waals surface area contributed by atoms with Gasteiger partial charge in [0.15, 0.2) is 0 Å². The summed E-state index contributed by atoms with van der Waals surface area (Å²) >= 11 is 0. The van der Waals surface area contributed by atoms with Gasteiger partial charge in [0, 0.05) is 30.8 Å². The number of nitrogens with one attached hydrogen (secondary N) is 2. The average molecular weight is 300 g/mol. The fourth-order valence-corrected chi connectivity index (χ4v) is 2.17. The minimum absolute atomic E-state index is 0.162. The molecule has 1 fully saturated rings. The average Bonchev–Trinajstić information content (AvgIpc) is 3.31. The van der Waals surface area contributed by atoms with Gasteiger partial charge in [0.05, 0.1) is 5.69 Å². The molecule has 1 aliphatic rings. The molecule has 7 heteroatoms. The maximum Gasteiger partial charge on any atom is 0.223 e. The summed E-state index contributed by atoms with van der Waals surface area (Å²) in [5, 5.41) is 6.11. The minimum Gasteiger partial charge on any atom is -0.368 e. The zero-order valence-corrected chi connectivity index (χ0v) is 12.8. The van der Waals surface area contributed by atoms with Crippen LogP contribution in [0.25, 0.3) is 5.82 Å². The maximum absolute atomic E-state index is 11.5. The van der Waals surface area contributed by atoms with E-state index in [-0.39, 0.29) is 11.8 Å². The molecule has 116 valence electrons. The molecule has 2 aromatic rings. The van der Waals surface area contributed by atoms with Crippen molar-refractivity contribution in [3.63, 3.8) is 0 Å². The van der Waals surface area contributed by atoms with Gasteiger partial charge in [0.2, 0.25) is 5.91 Å². The lowest BCUT2D eigenvalue weighted by molar-refractivity contribution is -0.122. The Morgan fingerprint density at radius 1 is 1.27 bits per heavy atom. The summed E-state index contributed by atoms with van der Waals surface area (Å²) in [6.45, 7) is 5.20. The van der Waals surface area contributed by atoms with E-state index in [1.807, 2.05) is 24.5 Å². The first-order valence-electron chi connectivity index (χ1n) is 7.49. The molecular weight excluding hydrogens is 280 g/mol. The fourth-order valence-electron chi connectivity index (χ4n) is 2.17. The number of carbonyl (C=O) groups is 1. The number of anilines is 1. The van der Waals surface area contributed by atoms with Gasteiger partial charge >= 0.3 is 0 Å². The Morgan fingerprint density at radius 3 is 2.77 bits per heavy atom. The summed E-state index contributed by atoms with van der Waals surface area (Å²) in [6, 6.07) is 1.87. The first kappa shape index (κ1) is 14.5. The standard InChI is InChI=1S/C15H20N6O/c1-10-11(2)21(9-20-10)14-7-13(18-8-19-14)16-5-6-17-15(22)12-3-4-12/h7-9,12H,3-6H2,1-2H3,(H,17,22)(H,16,18,19). The lowest BCUT2D eigenvalue weighted by Gasteiger charge is -2.09. The van der Waals surface area contributed by atoms with Crippen LogP contribution in [0.2, 0.25) is 0 Å². The van der Waals surface area contributed by atoms with Gasteiger partial charge in [-0.1, -0.05) is 0 Å². The van der Waals surface area contributed by atoms with Crippen molar-refractivity contribution in [1.29, 1.82) is 0 Å². The van der Waals surface area contributed by atoms with Crippen molar-refractivity contribution in [2.24, 2.45) is 5.92 Å². The summed E-state index contributed by atoms with van der Waals surface area (Å²) in [7, 11) is 0. The van der Waals surface area contributed by atoms with Gasteiger partial charge in [0.25, 0.3) is 0 Å². The SMILES string of the molecule is Cc1ncn(-c2cc(NCCNC(=O)C3CC3)ncn2)c1C. The molecule has 1 saturated carbocycles. The topological polar surface area (TPSA) is 84.7 Å². The van der Waals surface area contributed by atoms with E-state index in [1.165, 1.54) is 6.33 Å². The van der Waals surface area contributed by atoms with Crippen molar-refractivity contribution < 1.29 is 4.79 Å². The highest BCUT2D eigenvalue weighted by Crippen LogP contribution is 2.28. The van der Waals surface area contributed by atoms with Crippen LogP contribution in [0.4, 0.5) is 5.82 Å². The van der Waals surface area contributed by atoms with Crippen molar-refractivity contribution in [3.8, 4) is 5.82 Å². The van der Waals surface area contributed by atoms with E-state index >= 15 is 0 Å². The van der Waals surface area contributed by atoms with Crippen molar-refractivity contribution in [1.82, 2.24) is 24.8 Å². The Morgan fingerprint density at radius 2 is 2.09 bits per heavy atom. The second kappa shape index (κ2) is 6.13. The lowest BCUT2D eigenvalue weighted by Crippen LogP contribution is -2.29. The molecular formula is C15H20N6O. The molecule has 2 N–H and O–H groups in total. The zero-order chi connectivity index (χ0) is 15.5. The van der Waals surface area contributed by atoms with Crippen LogP contribution in [-0.4, -0.2) is 38.5 Å². The summed E-state index contributed by atoms with van der Waals surface area (Å²) in [5.74, 6) is 1.92. The highest BCUT2D eigenvalue weighted by Gasteiger charge is 2.28. The van der Waals surface area contributed by atoms with Crippen LogP contribution in [0.1, 0.15) is 24.2 Å². The monoisotopic (exact) mass is 300 g/mol. The zero-order valence-electron chi connectivity index (χ0n) is 12.8. The predicted octanol–water partition coefficient (Wildman–Crippen LogP) is 1.22. The number of aryl methyl sites for hydroxylation is 1. The summed E-state index contributed by atoms with van der Waals surface area (Å²) in [5.41, 5.74) is 2.04. The molecule has 0 unspecified atom stereocenters. The fraction of sp³-hybridized carbons (Fsp3) is 0.467. The molecule has 7 nitrogen and oxygen atoms in total. The molecule has 0 spiro atoms. The van der Waals surface area contributed by atoms with Crippen LogP contribution >= 0.6 is 0 Å². The minimum atomic E-state index is 0.162. The highest BCUT2D eigenvalue weighted by molar-refractivity contribution is 5.80. The van der Waals surface area contributed by atoms with Crippen LogP contribution in [0.3, 0.4) is 0 Å². The van der Waals surface area contributed by atoms with Gasteiger partial charge in [0.1, 0.15) is 24.3 Å². The van der Waals surface area contributed by atoms with Gasteiger partial charge in [-0.15, -0.1) is 0 Å². The Balaban J connectivity index is 1.57. The molecule has 2 aromatic heterocycles. The van der Waals surface area contributed by atoms with Crippen molar-refractivity contribution >= 4 is 11.7 Å². The van der Waals surface area contributed by atoms with E-state index in [9.17, 15) is 4.79 Å². The maximum atomic E-state index is 11.5. The number of hydrogen-bond donors (Lipinski definition) is 2.